The summed E-state index contributed by atoms with van der Waals surface area (Å²) in [6.45, 7) is 0. The third kappa shape index (κ3) is 4.30. The number of hydrogen-bond donors (Lipinski definition) is 1. The zero-order valence-corrected chi connectivity index (χ0v) is 14.8. The number of carbonyl (C=O) groups is 1. The van der Waals surface area contributed by atoms with Gasteiger partial charge in [0.15, 0.2) is 0 Å². The monoisotopic (exact) mass is 366 g/mol. The molecule has 0 aromatic heterocycles. The number of carboxylic acids is 1. The molecule has 0 saturated carbocycles. The summed E-state index contributed by atoms with van der Waals surface area (Å²) < 4.78 is 21.7. The average molecular weight is 366 g/mol. The smallest absolute Gasteiger partial charge is 0.343 e. The molecule has 0 fully saturated rings. The Kier molecular flexibility index (Phi) is 5.47. The molecule has 1 N–H and O–H groups in total. The second-order valence-corrected chi connectivity index (χ2v) is 5.49. The third-order valence-corrected chi connectivity index (χ3v) is 3.78. The summed E-state index contributed by atoms with van der Waals surface area (Å²) in [7, 11) is 3.14. The summed E-state index contributed by atoms with van der Waals surface area (Å²) in [5.41, 5.74) is -0.0656. The highest BCUT2D eigenvalue weighted by Crippen LogP contribution is 2.35. The lowest BCUT2D eigenvalue weighted by Crippen LogP contribution is -2.03. The van der Waals surface area contributed by atoms with Crippen LogP contribution in [0.25, 0.3) is 0 Å². The van der Waals surface area contributed by atoms with Gasteiger partial charge in [0, 0.05) is 0 Å². The number of carboxylic acid groups (broad SMARTS) is 1. The Balaban J connectivity index is 1.90. The van der Waals surface area contributed by atoms with Crippen molar-refractivity contribution >= 4 is 5.97 Å². The van der Waals surface area contributed by atoms with Gasteiger partial charge in [-0.1, -0.05) is 6.07 Å². The lowest BCUT2D eigenvalue weighted by molar-refractivity contribution is 0.0691. The van der Waals surface area contributed by atoms with Crippen molar-refractivity contribution in [3.05, 3.63) is 72.3 Å². The molecule has 27 heavy (non-hydrogen) atoms. The Morgan fingerprint density at radius 1 is 0.667 bits per heavy atom. The Bertz CT molecular complexity index is 849. The lowest BCUT2D eigenvalue weighted by Gasteiger charge is -2.14. The Hall–Kier alpha value is -3.67. The number of hydrogen-bond acceptors (Lipinski definition) is 5. The van der Waals surface area contributed by atoms with E-state index in [4.69, 9.17) is 18.9 Å². The zero-order valence-electron chi connectivity index (χ0n) is 14.8. The summed E-state index contributed by atoms with van der Waals surface area (Å²) in [5, 5.41) is 9.67. The zero-order chi connectivity index (χ0) is 19.2. The van der Waals surface area contributed by atoms with E-state index in [0.717, 1.165) is 0 Å². The molecule has 0 aliphatic carbocycles. The van der Waals surface area contributed by atoms with E-state index in [1.54, 1.807) is 80.9 Å². The molecule has 6 nitrogen and oxygen atoms in total. The molecule has 0 bridgehead atoms. The van der Waals surface area contributed by atoms with Crippen molar-refractivity contribution in [1.29, 1.82) is 0 Å². The first-order valence-electron chi connectivity index (χ1n) is 8.11. The lowest BCUT2D eigenvalue weighted by atomic mass is 10.1. The SMILES string of the molecule is COc1ccc(Oc2cccc(Oc3ccc(OC)cc3)c2C(=O)O)cc1. The fourth-order valence-electron chi connectivity index (χ4n) is 2.43. The molecule has 0 aliphatic heterocycles. The molecular weight excluding hydrogens is 348 g/mol. The molecule has 0 amide bonds. The van der Waals surface area contributed by atoms with E-state index in [0.29, 0.717) is 23.0 Å². The van der Waals surface area contributed by atoms with Crippen LogP contribution in [0.1, 0.15) is 10.4 Å². The molecule has 3 aromatic carbocycles. The number of benzene rings is 3. The molecular formula is C21H18O6. The molecule has 0 spiro atoms. The van der Waals surface area contributed by atoms with E-state index >= 15 is 0 Å². The normalized spacial score (nSPS) is 10.1. The van der Waals surface area contributed by atoms with Crippen molar-refractivity contribution in [2.24, 2.45) is 0 Å². The van der Waals surface area contributed by atoms with E-state index < -0.39 is 5.97 Å². The first-order valence-corrected chi connectivity index (χ1v) is 8.11. The first kappa shape index (κ1) is 18.1. The van der Waals surface area contributed by atoms with Gasteiger partial charge in [-0.3, -0.25) is 0 Å². The van der Waals surface area contributed by atoms with Gasteiger partial charge in [-0.05, 0) is 60.7 Å². The highest BCUT2D eigenvalue weighted by molar-refractivity contribution is 5.94. The Morgan fingerprint density at radius 2 is 1.04 bits per heavy atom. The van der Waals surface area contributed by atoms with Gasteiger partial charge in [0.25, 0.3) is 0 Å². The largest absolute Gasteiger partial charge is 0.497 e. The van der Waals surface area contributed by atoms with Crippen molar-refractivity contribution < 1.29 is 28.8 Å². The van der Waals surface area contributed by atoms with Gasteiger partial charge in [-0.25, -0.2) is 4.79 Å². The predicted octanol–water partition coefficient (Wildman–Crippen LogP) is 4.99. The van der Waals surface area contributed by atoms with Crippen LogP contribution in [0.3, 0.4) is 0 Å². The van der Waals surface area contributed by atoms with Gasteiger partial charge < -0.3 is 24.1 Å². The van der Waals surface area contributed by atoms with E-state index in [-0.39, 0.29) is 17.1 Å². The van der Waals surface area contributed by atoms with Crippen LogP contribution in [0.5, 0.6) is 34.5 Å². The maximum Gasteiger partial charge on any atom is 0.343 e. The van der Waals surface area contributed by atoms with E-state index in [1.165, 1.54) is 0 Å². The van der Waals surface area contributed by atoms with E-state index in [1.807, 2.05) is 0 Å². The van der Waals surface area contributed by atoms with E-state index in [9.17, 15) is 9.90 Å². The fraction of sp³-hybridized carbons (Fsp3) is 0.0952. The average Bonchev–Trinajstić information content (AvgIpc) is 2.69. The maximum atomic E-state index is 11.8. The minimum atomic E-state index is -1.15. The van der Waals surface area contributed by atoms with Crippen LogP contribution in [-0.4, -0.2) is 25.3 Å². The molecule has 3 aromatic rings. The molecule has 0 unspecified atom stereocenters. The molecule has 138 valence electrons. The minimum Gasteiger partial charge on any atom is -0.497 e. The Labute approximate surface area is 156 Å². The van der Waals surface area contributed by atoms with Gasteiger partial charge in [0.05, 0.1) is 14.2 Å². The molecule has 0 saturated heterocycles. The second-order valence-electron chi connectivity index (χ2n) is 5.49. The standard InChI is InChI=1S/C21H18O6/c1-24-14-6-10-16(11-7-14)26-18-4-3-5-19(20(18)21(22)23)27-17-12-8-15(25-2)9-13-17/h3-13H,1-2H3,(H,22,23). The highest BCUT2D eigenvalue weighted by Gasteiger charge is 2.19. The number of aromatic carboxylic acids is 1. The predicted molar refractivity (Wildman–Crippen MR) is 99.5 cm³/mol. The number of methoxy groups -OCH3 is 2. The number of ether oxygens (including phenoxy) is 4. The quantitative estimate of drug-likeness (QED) is 0.635. The second kappa shape index (κ2) is 8.14. The van der Waals surface area contributed by atoms with Gasteiger partial charge in [0.1, 0.15) is 40.1 Å². The van der Waals surface area contributed by atoms with Gasteiger partial charge in [-0.15, -0.1) is 0 Å². The molecule has 0 aliphatic rings. The van der Waals surface area contributed by atoms with Crippen LogP contribution in [0.4, 0.5) is 0 Å². The van der Waals surface area contributed by atoms with Crippen LogP contribution in [0.2, 0.25) is 0 Å². The van der Waals surface area contributed by atoms with Crippen molar-refractivity contribution in [1.82, 2.24) is 0 Å². The van der Waals surface area contributed by atoms with Crippen LogP contribution < -0.4 is 18.9 Å². The van der Waals surface area contributed by atoms with Crippen molar-refractivity contribution in [3.63, 3.8) is 0 Å². The summed E-state index contributed by atoms with van der Waals surface area (Å²) in [6.07, 6.45) is 0. The van der Waals surface area contributed by atoms with E-state index in [2.05, 4.69) is 0 Å². The van der Waals surface area contributed by atoms with Crippen LogP contribution in [-0.2, 0) is 0 Å². The van der Waals surface area contributed by atoms with Crippen LogP contribution in [0, 0.1) is 0 Å². The molecule has 0 heterocycles. The topological polar surface area (TPSA) is 74.2 Å². The molecule has 0 radical (unpaired) electrons. The van der Waals surface area contributed by atoms with Gasteiger partial charge in [0.2, 0.25) is 0 Å². The third-order valence-electron chi connectivity index (χ3n) is 3.78. The summed E-state index contributed by atoms with van der Waals surface area (Å²) >= 11 is 0. The highest BCUT2D eigenvalue weighted by atomic mass is 16.5. The summed E-state index contributed by atoms with van der Waals surface area (Å²) in [6, 6.07) is 18.5. The minimum absolute atomic E-state index is 0.0656. The van der Waals surface area contributed by atoms with Gasteiger partial charge >= 0.3 is 5.97 Å². The van der Waals surface area contributed by atoms with Gasteiger partial charge in [-0.2, -0.15) is 0 Å². The van der Waals surface area contributed by atoms with Crippen molar-refractivity contribution in [2.75, 3.05) is 14.2 Å². The molecule has 0 atom stereocenters. The number of rotatable bonds is 7. The molecule has 6 heteroatoms. The summed E-state index contributed by atoms with van der Waals surface area (Å²) in [5.74, 6) is 1.54. The van der Waals surface area contributed by atoms with Crippen LogP contribution >= 0.6 is 0 Å². The fourth-order valence-corrected chi connectivity index (χ4v) is 2.43. The molecule has 3 rings (SSSR count). The van der Waals surface area contributed by atoms with Crippen LogP contribution in [0.15, 0.2) is 66.7 Å². The van der Waals surface area contributed by atoms with Crippen molar-refractivity contribution in [2.45, 2.75) is 0 Å². The Morgan fingerprint density at radius 3 is 1.37 bits per heavy atom. The maximum absolute atomic E-state index is 11.8. The van der Waals surface area contributed by atoms with Crippen molar-refractivity contribution in [3.8, 4) is 34.5 Å². The summed E-state index contributed by atoms with van der Waals surface area (Å²) in [4.78, 5) is 11.8. The first-order chi connectivity index (χ1) is 13.1.